The van der Waals surface area contributed by atoms with Gasteiger partial charge in [0.1, 0.15) is 28.2 Å². The van der Waals surface area contributed by atoms with Crippen LogP contribution >= 0.6 is 11.6 Å². The molecular weight excluding hydrogens is 417 g/mol. The van der Waals surface area contributed by atoms with Crippen molar-refractivity contribution in [3.63, 3.8) is 0 Å². The van der Waals surface area contributed by atoms with Crippen molar-refractivity contribution >= 4 is 23.7 Å². The van der Waals surface area contributed by atoms with E-state index in [-0.39, 0.29) is 16.3 Å². The van der Waals surface area contributed by atoms with E-state index in [0.29, 0.717) is 43.6 Å². The van der Waals surface area contributed by atoms with Gasteiger partial charge in [-0.05, 0) is 49.1 Å². The Morgan fingerprint density at radius 3 is 2.57 bits per heavy atom. The van der Waals surface area contributed by atoms with Crippen LogP contribution in [0.4, 0.5) is 13.2 Å². The van der Waals surface area contributed by atoms with Gasteiger partial charge in [0.15, 0.2) is 0 Å². The summed E-state index contributed by atoms with van der Waals surface area (Å²) in [5.74, 6) is -1.73. The Bertz CT molecular complexity index is 1030. The molecule has 2 aromatic rings. The van der Waals surface area contributed by atoms with Gasteiger partial charge in [-0.2, -0.15) is 5.10 Å². The molecule has 0 saturated heterocycles. The first-order chi connectivity index (χ1) is 14.3. The van der Waals surface area contributed by atoms with Crippen LogP contribution in [0, 0.1) is 28.3 Å². The Balaban J connectivity index is 1.24. The van der Waals surface area contributed by atoms with Gasteiger partial charge in [-0.3, -0.25) is 4.79 Å². The molecule has 156 valence electrons. The lowest BCUT2D eigenvalue weighted by Crippen LogP contribution is -2.69. The SMILES string of the molecule is O=C(N1N=CCC1c1cc(F)cc(F)c1)C12CC(COc3cccc(F)c3Cl)(C1)C2. The van der Waals surface area contributed by atoms with Gasteiger partial charge in [0.05, 0.1) is 18.1 Å². The second-order valence-electron chi connectivity index (χ2n) is 8.55. The molecule has 4 nitrogen and oxygen atoms in total. The van der Waals surface area contributed by atoms with Gasteiger partial charge in [-0.1, -0.05) is 17.7 Å². The molecule has 1 aliphatic heterocycles. The molecule has 3 aliphatic carbocycles. The monoisotopic (exact) mass is 434 g/mol. The molecule has 3 fully saturated rings. The lowest BCUT2D eigenvalue weighted by molar-refractivity contribution is -0.226. The molecule has 2 bridgehead atoms. The molecule has 1 unspecified atom stereocenters. The van der Waals surface area contributed by atoms with Gasteiger partial charge >= 0.3 is 0 Å². The van der Waals surface area contributed by atoms with Gasteiger partial charge in [0.25, 0.3) is 0 Å². The van der Waals surface area contributed by atoms with Gasteiger partial charge < -0.3 is 4.74 Å². The summed E-state index contributed by atoms with van der Waals surface area (Å²) in [6.45, 7) is 0.354. The second-order valence-corrected chi connectivity index (χ2v) is 8.93. The number of hydrogen-bond donors (Lipinski definition) is 0. The van der Waals surface area contributed by atoms with Crippen molar-refractivity contribution in [2.24, 2.45) is 15.9 Å². The van der Waals surface area contributed by atoms with Crippen LogP contribution < -0.4 is 4.74 Å². The van der Waals surface area contributed by atoms with E-state index in [2.05, 4.69) is 5.10 Å². The van der Waals surface area contributed by atoms with Gasteiger partial charge in [0.2, 0.25) is 5.91 Å². The Hall–Kier alpha value is -2.54. The highest BCUT2D eigenvalue weighted by Crippen LogP contribution is 2.74. The number of benzene rings is 2. The summed E-state index contributed by atoms with van der Waals surface area (Å²) in [7, 11) is 0. The minimum absolute atomic E-state index is 0.0496. The maximum absolute atomic E-state index is 13.6. The highest BCUT2D eigenvalue weighted by Gasteiger charge is 2.72. The van der Waals surface area contributed by atoms with E-state index >= 15 is 0 Å². The summed E-state index contributed by atoms with van der Waals surface area (Å²) >= 11 is 5.93. The molecular formula is C22H18ClF3N2O2. The van der Waals surface area contributed by atoms with Crippen LogP contribution in [0.25, 0.3) is 0 Å². The minimum Gasteiger partial charge on any atom is -0.491 e. The van der Waals surface area contributed by atoms with Crippen LogP contribution in [0.2, 0.25) is 5.02 Å². The number of carbonyl (C=O) groups excluding carboxylic acids is 1. The van der Waals surface area contributed by atoms with E-state index in [4.69, 9.17) is 16.3 Å². The molecule has 1 atom stereocenters. The molecule has 8 heteroatoms. The van der Waals surface area contributed by atoms with E-state index in [1.165, 1.54) is 29.3 Å². The average molecular weight is 435 g/mol. The number of rotatable bonds is 5. The third kappa shape index (κ3) is 2.98. The van der Waals surface area contributed by atoms with Crippen molar-refractivity contribution in [3.05, 3.63) is 64.4 Å². The van der Waals surface area contributed by atoms with Crippen LogP contribution in [0.1, 0.15) is 37.3 Å². The van der Waals surface area contributed by atoms with Gasteiger partial charge in [-0.25, -0.2) is 18.2 Å². The summed E-state index contributed by atoms with van der Waals surface area (Å²) in [4.78, 5) is 13.2. The normalized spacial score (nSPS) is 28.8. The summed E-state index contributed by atoms with van der Waals surface area (Å²) < 4.78 is 46.5. The quantitative estimate of drug-likeness (QED) is 0.643. The minimum atomic E-state index is -0.679. The number of ether oxygens (including phenoxy) is 1. The van der Waals surface area contributed by atoms with Gasteiger partial charge in [0, 0.05) is 24.1 Å². The molecule has 2 aromatic carbocycles. The van der Waals surface area contributed by atoms with Gasteiger partial charge in [-0.15, -0.1) is 0 Å². The molecule has 1 heterocycles. The topological polar surface area (TPSA) is 41.9 Å². The summed E-state index contributed by atoms with van der Waals surface area (Å²) in [5, 5.41) is 5.50. The van der Waals surface area contributed by atoms with Crippen molar-refractivity contribution in [1.82, 2.24) is 5.01 Å². The number of hydrazone groups is 1. The highest BCUT2D eigenvalue weighted by atomic mass is 35.5. The van der Waals surface area contributed by atoms with Crippen LogP contribution in [0.3, 0.4) is 0 Å². The smallest absolute Gasteiger partial charge is 0.249 e. The van der Waals surface area contributed by atoms with Crippen LogP contribution in [-0.4, -0.2) is 23.7 Å². The zero-order valence-corrected chi connectivity index (χ0v) is 16.6. The number of carbonyl (C=O) groups is 1. The maximum atomic E-state index is 13.6. The molecule has 3 saturated carbocycles. The third-order valence-corrected chi connectivity index (χ3v) is 6.72. The molecule has 0 N–H and O–H groups in total. The largest absolute Gasteiger partial charge is 0.491 e. The number of nitrogens with zero attached hydrogens (tertiary/aromatic N) is 2. The molecule has 6 rings (SSSR count). The summed E-state index contributed by atoms with van der Waals surface area (Å²) in [5.41, 5.74) is -0.250. The van der Waals surface area contributed by atoms with E-state index in [9.17, 15) is 18.0 Å². The fraction of sp³-hybridized carbons (Fsp3) is 0.364. The molecule has 0 spiro atoms. The number of amides is 1. The van der Waals surface area contributed by atoms with Crippen molar-refractivity contribution in [1.29, 1.82) is 0 Å². The van der Waals surface area contributed by atoms with Crippen molar-refractivity contribution in [2.75, 3.05) is 6.61 Å². The Labute approximate surface area is 176 Å². The zero-order chi connectivity index (χ0) is 21.1. The lowest BCUT2D eigenvalue weighted by Gasteiger charge is -2.69. The van der Waals surface area contributed by atoms with Crippen LogP contribution in [-0.2, 0) is 4.79 Å². The molecule has 0 radical (unpaired) electrons. The van der Waals surface area contributed by atoms with Crippen LogP contribution in [0.5, 0.6) is 5.75 Å². The predicted octanol–water partition coefficient (Wildman–Crippen LogP) is 5.27. The fourth-order valence-corrected chi connectivity index (χ4v) is 5.28. The Morgan fingerprint density at radius 2 is 1.87 bits per heavy atom. The summed E-state index contributed by atoms with van der Waals surface area (Å²) in [6, 6.07) is 7.19. The molecule has 4 aliphatic rings. The van der Waals surface area contributed by atoms with Crippen molar-refractivity contribution in [3.8, 4) is 5.75 Å². The van der Waals surface area contributed by atoms with Crippen molar-refractivity contribution < 1.29 is 22.7 Å². The van der Waals surface area contributed by atoms with E-state index in [1.807, 2.05) is 0 Å². The zero-order valence-electron chi connectivity index (χ0n) is 15.9. The number of hydrogen-bond acceptors (Lipinski definition) is 3. The standard InChI is InChI=1S/C22H18ClF3N2O2/c23-19-16(26)2-1-3-18(19)30-12-21-9-22(10-21,11-21)20(29)28-17(4-5-27-28)13-6-14(24)8-15(25)7-13/h1-3,5-8,17H,4,9-12H2. The average Bonchev–Trinajstić information content (AvgIpc) is 3.11. The maximum Gasteiger partial charge on any atom is 0.249 e. The predicted molar refractivity (Wildman–Crippen MR) is 105 cm³/mol. The second kappa shape index (κ2) is 6.74. The van der Waals surface area contributed by atoms with Crippen LogP contribution in [0.15, 0.2) is 41.5 Å². The fourth-order valence-electron chi connectivity index (χ4n) is 5.10. The van der Waals surface area contributed by atoms with E-state index < -0.39 is 28.9 Å². The van der Waals surface area contributed by atoms with Crippen molar-refractivity contribution in [2.45, 2.75) is 31.7 Å². The number of halogens is 4. The first-order valence-corrected chi connectivity index (χ1v) is 10.1. The molecule has 1 amide bonds. The molecule has 0 aromatic heterocycles. The highest BCUT2D eigenvalue weighted by molar-refractivity contribution is 6.32. The Morgan fingerprint density at radius 1 is 1.17 bits per heavy atom. The van der Waals surface area contributed by atoms with E-state index in [0.717, 1.165) is 6.07 Å². The lowest BCUT2D eigenvalue weighted by atomic mass is 9.35. The molecule has 30 heavy (non-hydrogen) atoms. The summed E-state index contributed by atoms with van der Waals surface area (Å²) in [6.07, 6.45) is 3.94. The van der Waals surface area contributed by atoms with E-state index in [1.54, 1.807) is 12.3 Å². The third-order valence-electron chi connectivity index (χ3n) is 6.35. The first-order valence-electron chi connectivity index (χ1n) is 9.70. The Kier molecular flexibility index (Phi) is 4.36. The first kappa shape index (κ1) is 19.4.